The quantitative estimate of drug-likeness (QED) is 0.440. The molecule has 0 saturated carbocycles. The second kappa shape index (κ2) is 8.03. The van der Waals surface area contributed by atoms with Gasteiger partial charge in [0.15, 0.2) is 5.82 Å². The van der Waals surface area contributed by atoms with Crippen molar-refractivity contribution in [1.29, 1.82) is 0 Å². The number of halogens is 1. The summed E-state index contributed by atoms with van der Waals surface area (Å²) >= 11 is 7.70. The molecule has 0 spiro atoms. The highest BCUT2D eigenvalue weighted by Gasteiger charge is 2.19. The molecule has 0 atom stereocenters. The van der Waals surface area contributed by atoms with Crippen LogP contribution in [0, 0.1) is 0 Å². The van der Waals surface area contributed by atoms with E-state index in [1.807, 2.05) is 36.7 Å². The van der Waals surface area contributed by atoms with Gasteiger partial charge in [0.05, 0.1) is 16.3 Å². The Morgan fingerprint density at radius 1 is 1.00 bits per heavy atom. The highest BCUT2D eigenvalue weighted by molar-refractivity contribution is 7.13. The lowest BCUT2D eigenvalue weighted by molar-refractivity contribution is 0.242. The Morgan fingerprint density at radius 2 is 1.90 bits per heavy atom. The van der Waals surface area contributed by atoms with Crippen molar-refractivity contribution >= 4 is 22.9 Å². The van der Waals surface area contributed by atoms with Crippen LogP contribution < -0.4 is 0 Å². The minimum Gasteiger partial charge on any atom is -0.294 e. The fraction of sp³-hybridized carbons (Fsp3) is 0.174. The molecular formula is C23H19ClN4S. The minimum atomic E-state index is 0.722. The van der Waals surface area contributed by atoms with Crippen molar-refractivity contribution in [3.8, 4) is 22.0 Å². The van der Waals surface area contributed by atoms with Gasteiger partial charge >= 0.3 is 0 Å². The molecule has 1 aromatic carbocycles. The van der Waals surface area contributed by atoms with E-state index in [2.05, 4.69) is 44.5 Å². The van der Waals surface area contributed by atoms with Crippen LogP contribution in [-0.2, 0) is 19.5 Å². The van der Waals surface area contributed by atoms with Gasteiger partial charge in [-0.1, -0.05) is 23.7 Å². The lowest BCUT2D eigenvalue weighted by atomic mass is 10.1. The summed E-state index contributed by atoms with van der Waals surface area (Å²) in [4.78, 5) is 17.6. The van der Waals surface area contributed by atoms with Crippen LogP contribution in [0.3, 0.4) is 0 Å². The SMILES string of the molecule is Clc1ccc(-c2ncc3c(n2)CCN(Cc2ccc(-c4cccs4)nc2)C3)cc1. The molecule has 1 aliphatic heterocycles. The van der Waals surface area contributed by atoms with Crippen LogP contribution in [0.1, 0.15) is 16.8 Å². The molecule has 4 nitrogen and oxygen atoms in total. The van der Waals surface area contributed by atoms with Gasteiger partial charge in [-0.3, -0.25) is 9.88 Å². The van der Waals surface area contributed by atoms with Crippen molar-refractivity contribution in [3.63, 3.8) is 0 Å². The maximum absolute atomic E-state index is 5.98. The van der Waals surface area contributed by atoms with Gasteiger partial charge in [-0.2, -0.15) is 0 Å². The van der Waals surface area contributed by atoms with Crippen LogP contribution in [0.4, 0.5) is 0 Å². The molecule has 144 valence electrons. The van der Waals surface area contributed by atoms with Crippen LogP contribution in [0.15, 0.2) is 66.3 Å². The monoisotopic (exact) mass is 418 g/mol. The summed E-state index contributed by atoms with van der Waals surface area (Å²) < 4.78 is 0. The number of thiophene rings is 1. The zero-order valence-electron chi connectivity index (χ0n) is 15.8. The largest absolute Gasteiger partial charge is 0.294 e. The molecule has 0 saturated heterocycles. The van der Waals surface area contributed by atoms with Crippen molar-refractivity contribution in [2.75, 3.05) is 6.54 Å². The molecule has 1 aliphatic rings. The standard InChI is InChI=1S/C23H19ClN4S/c24-19-6-4-17(5-7-19)23-26-13-18-15-28(10-9-20(18)27-23)14-16-3-8-21(25-12-16)22-2-1-11-29-22/h1-8,11-13H,9-10,14-15H2. The topological polar surface area (TPSA) is 41.9 Å². The highest BCUT2D eigenvalue weighted by atomic mass is 35.5. The molecule has 0 fully saturated rings. The summed E-state index contributed by atoms with van der Waals surface area (Å²) in [5.41, 5.74) is 5.62. The smallest absolute Gasteiger partial charge is 0.159 e. The number of nitrogens with zero attached hydrogens (tertiary/aromatic N) is 4. The van der Waals surface area contributed by atoms with E-state index >= 15 is 0 Å². The van der Waals surface area contributed by atoms with Crippen molar-refractivity contribution in [3.05, 3.63) is 88.1 Å². The average Bonchev–Trinajstić information content (AvgIpc) is 3.29. The second-order valence-electron chi connectivity index (χ2n) is 7.16. The molecular weight excluding hydrogens is 400 g/mol. The molecule has 0 radical (unpaired) electrons. The van der Waals surface area contributed by atoms with E-state index in [0.29, 0.717) is 0 Å². The number of benzene rings is 1. The average molecular weight is 419 g/mol. The van der Waals surface area contributed by atoms with Crippen molar-refractivity contribution in [1.82, 2.24) is 19.9 Å². The Kier molecular flexibility index (Phi) is 5.10. The number of rotatable bonds is 4. The number of fused-ring (bicyclic) bond motifs is 1. The molecule has 3 aromatic heterocycles. The minimum absolute atomic E-state index is 0.722. The van der Waals surface area contributed by atoms with E-state index in [4.69, 9.17) is 16.6 Å². The van der Waals surface area contributed by atoms with E-state index in [-0.39, 0.29) is 0 Å². The molecule has 6 heteroatoms. The first-order valence-corrected chi connectivity index (χ1v) is 10.8. The Hall–Kier alpha value is -2.60. The first-order chi connectivity index (χ1) is 14.2. The lowest BCUT2D eigenvalue weighted by Crippen LogP contribution is -2.31. The Bertz CT molecular complexity index is 1110. The van der Waals surface area contributed by atoms with Crippen LogP contribution in [0.2, 0.25) is 5.02 Å². The van der Waals surface area contributed by atoms with Crippen molar-refractivity contribution < 1.29 is 0 Å². The summed E-state index contributed by atoms with van der Waals surface area (Å²) in [7, 11) is 0. The summed E-state index contributed by atoms with van der Waals surface area (Å²) in [5, 5.41) is 2.80. The van der Waals surface area contributed by atoms with Gasteiger partial charge < -0.3 is 0 Å². The predicted molar refractivity (Wildman–Crippen MR) is 118 cm³/mol. The molecule has 29 heavy (non-hydrogen) atoms. The van der Waals surface area contributed by atoms with Gasteiger partial charge in [-0.05, 0) is 47.3 Å². The summed E-state index contributed by atoms with van der Waals surface area (Å²) in [5.74, 6) is 0.766. The number of hydrogen-bond donors (Lipinski definition) is 0. The van der Waals surface area contributed by atoms with Crippen molar-refractivity contribution in [2.45, 2.75) is 19.5 Å². The van der Waals surface area contributed by atoms with Gasteiger partial charge in [0.25, 0.3) is 0 Å². The highest BCUT2D eigenvalue weighted by Crippen LogP contribution is 2.25. The van der Waals surface area contributed by atoms with Gasteiger partial charge in [0.1, 0.15) is 0 Å². The molecule has 0 unspecified atom stereocenters. The summed E-state index contributed by atoms with van der Waals surface area (Å²) in [6, 6.07) is 16.1. The van der Waals surface area contributed by atoms with E-state index in [9.17, 15) is 0 Å². The van der Waals surface area contributed by atoms with E-state index in [0.717, 1.165) is 53.9 Å². The third kappa shape index (κ3) is 4.08. The molecule has 5 rings (SSSR count). The van der Waals surface area contributed by atoms with E-state index < -0.39 is 0 Å². The van der Waals surface area contributed by atoms with Gasteiger partial charge in [0.2, 0.25) is 0 Å². The Balaban J connectivity index is 1.28. The van der Waals surface area contributed by atoms with Gasteiger partial charge in [-0.15, -0.1) is 11.3 Å². The Labute approximate surface area is 178 Å². The zero-order chi connectivity index (χ0) is 19.6. The van der Waals surface area contributed by atoms with E-state index in [1.165, 1.54) is 16.0 Å². The summed E-state index contributed by atoms with van der Waals surface area (Å²) in [6.45, 7) is 2.73. The second-order valence-corrected chi connectivity index (χ2v) is 8.55. The molecule has 0 aliphatic carbocycles. The number of aromatic nitrogens is 3. The molecule has 4 heterocycles. The van der Waals surface area contributed by atoms with Crippen molar-refractivity contribution in [2.24, 2.45) is 0 Å². The zero-order valence-corrected chi connectivity index (χ0v) is 17.3. The Morgan fingerprint density at radius 3 is 2.66 bits per heavy atom. The maximum Gasteiger partial charge on any atom is 0.159 e. The third-order valence-corrected chi connectivity index (χ3v) is 6.26. The summed E-state index contributed by atoms with van der Waals surface area (Å²) in [6.07, 6.45) is 4.89. The van der Waals surface area contributed by atoms with Crippen LogP contribution in [0.25, 0.3) is 22.0 Å². The first-order valence-electron chi connectivity index (χ1n) is 9.56. The van der Waals surface area contributed by atoms with Gasteiger partial charge in [0, 0.05) is 54.6 Å². The molecule has 4 aromatic rings. The van der Waals surface area contributed by atoms with E-state index in [1.54, 1.807) is 11.3 Å². The normalized spacial score (nSPS) is 14.0. The van der Waals surface area contributed by atoms with Crippen LogP contribution >= 0.6 is 22.9 Å². The number of pyridine rings is 1. The molecule has 0 bridgehead atoms. The maximum atomic E-state index is 5.98. The fourth-order valence-corrected chi connectivity index (χ4v) is 4.42. The first kappa shape index (κ1) is 18.4. The van der Waals surface area contributed by atoms with Gasteiger partial charge in [-0.25, -0.2) is 9.97 Å². The predicted octanol–water partition coefficient (Wildman–Crippen LogP) is 5.48. The van der Waals surface area contributed by atoms with Crippen LogP contribution in [-0.4, -0.2) is 26.4 Å². The number of hydrogen-bond acceptors (Lipinski definition) is 5. The molecule has 0 amide bonds. The molecule has 0 N–H and O–H groups in total. The van der Waals surface area contributed by atoms with Crippen LogP contribution in [0.5, 0.6) is 0 Å². The fourth-order valence-electron chi connectivity index (χ4n) is 3.59. The third-order valence-electron chi connectivity index (χ3n) is 5.12. The lowest BCUT2D eigenvalue weighted by Gasteiger charge is -2.28.